The first-order valence-electron chi connectivity index (χ1n) is 5.80. The fourth-order valence-electron chi connectivity index (χ4n) is 1.31. The summed E-state index contributed by atoms with van der Waals surface area (Å²) in [5.41, 5.74) is 0.951. The topological polar surface area (TPSA) is 58.0 Å². The molecule has 1 atom stereocenters. The minimum Gasteiger partial charge on any atom is -0.391 e. The van der Waals surface area contributed by atoms with Gasteiger partial charge in [-0.2, -0.15) is 0 Å². The van der Waals surface area contributed by atoms with Gasteiger partial charge in [-0.15, -0.1) is 0 Å². The molecule has 4 heteroatoms. The van der Waals surface area contributed by atoms with Gasteiger partial charge in [0.15, 0.2) is 0 Å². The van der Waals surface area contributed by atoms with E-state index in [1.54, 1.807) is 0 Å². The van der Waals surface area contributed by atoms with Gasteiger partial charge in [-0.05, 0) is 13.3 Å². The van der Waals surface area contributed by atoms with E-state index in [0.29, 0.717) is 12.5 Å². The Hall–Kier alpha value is -1.16. The van der Waals surface area contributed by atoms with Crippen molar-refractivity contribution in [2.24, 2.45) is 0 Å². The van der Waals surface area contributed by atoms with Crippen molar-refractivity contribution in [3.05, 3.63) is 17.6 Å². The Bertz CT molecular complexity index is 339. The zero-order valence-corrected chi connectivity index (χ0v) is 10.5. The number of aliphatic hydroxyl groups is 1. The average molecular weight is 223 g/mol. The first kappa shape index (κ1) is 12.9. The number of hydrogen-bond donors (Lipinski definition) is 2. The first-order valence-corrected chi connectivity index (χ1v) is 5.80. The van der Waals surface area contributed by atoms with Crippen LogP contribution in [0.5, 0.6) is 0 Å². The van der Waals surface area contributed by atoms with Gasteiger partial charge in [0.1, 0.15) is 11.6 Å². The molecule has 0 saturated carbocycles. The lowest BCUT2D eigenvalue weighted by Crippen LogP contribution is -2.19. The maximum Gasteiger partial charge on any atom is 0.133 e. The molecule has 0 amide bonds. The standard InChI is InChI=1S/C12H21N3O/c1-5-10(16)7-13-11-6-9(4)14-12(15-11)8(2)3/h6,8,10,16H,5,7H2,1-4H3,(H,13,14,15). The highest BCUT2D eigenvalue weighted by Gasteiger charge is 2.07. The quantitative estimate of drug-likeness (QED) is 0.802. The van der Waals surface area contributed by atoms with E-state index in [0.717, 1.165) is 23.8 Å². The lowest BCUT2D eigenvalue weighted by molar-refractivity contribution is 0.183. The zero-order valence-electron chi connectivity index (χ0n) is 10.5. The van der Waals surface area contributed by atoms with Crippen molar-refractivity contribution >= 4 is 5.82 Å². The molecule has 2 N–H and O–H groups in total. The average Bonchev–Trinajstić information content (AvgIpc) is 2.25. The Morgan fingerprint density at radius 2 is 2.06 bits per heavy atom. The van der Waals surface area contributed by atoms with Gasteiger partial charge in [0.05, 0.1) is 6.10 Å². The Balaban J connectivity index is 2.72. The fraction of sp³-hybridized carbons (Fsp3) is 0.667. The molecule has 1 aromatic heterocycles. The van der Waals surface area contributed by atoms with Gasteiger partial charge < -0.3 is 10.4 Å². The van der Waals surface area contributed by atoms with Gasteiger partial charge in [-0.1, -0.05) is 20.8 Å². The molecule has 0 aliphatic carbocycles. The molecule has 0 aromatic carbocycles. The van der Waals surface area contributed by atoms with Crippen LogP contribution in [0.2, 0.25) is 0 Å². The van der Waals surface area contributed by atoms with Crippen LogP contribution < -0.4 is 5.32 Å². The number of aliphatic hydroxyl groups excluding tert-OH is 1. The molecule has 0 radical (unpaired) electrons. The predicted molar refractivity (Wildman–Crippen MR) is 65.6 cm³/mol. The van der Waals surface area contributed by atoms with E-state index in [1.807, 2.05) is 19.9 Å². The van der Waals surface area contributed by atoms with Gasteiger partial charge in [0.2, 0.25) is 0 Å². The van der Waals surface area contributed by atoms with E-state index >= 15 is 0 Å². The van der Waals surface area contributed by atoms with Crippen molar-refractivity contribution in [3.63, 3.8) is 0 Å². The molecule has 0 saturated heterocycles. The second-order valence-electron chi connectivity index (χ2n) is 4.35. The summed E-state index contributed by atoms with van der Waals surface area (Å²) in [6, 6.07) is 1.90. The van der Waals surface area contributed by atoms with E-state index < -0.39 is 0 Å². The third kappa shape index (κ3) is 3.77. The number of nitrogens with one attached hydrogen (secondary N) is 1. The molecule has 0 aliphatic heterocycles. The highest BCUT2D eigenvalue weighted by molar-refractivity contribution is 5.36. The van der Waals surface area contributed by atoms with Crippen LogP contribution in [0.3, 0.4) is 0 Å². The monoisotopic (exact) mass is 223 g/mol. The molecule has 0 fully saturated rings. The van der Waals surface area contributed by atoms with Crippen LogP contribution >= 0.6 is 0 Å². The van der Waals surface area contributed by atoms with Gasteiger partial charge in [-0.25, -0.2) is 9.97 Å². The van der Waals surface area contributed by atoms with Crippen molar-refractivity contribution in [2.45, 2.75) is 46.1 Å². The number of anilines is 1. The lowest BCUT2D eigenvalue weighted by Gasteiger charge is -2.12. The van der Waals surface area contributed by atoms with E-state index in [2.05, 4.69) is 29.1 Å². The molecule has 90 valence electrons. The Morgan fingerprint density at radius 3 is 2.62 bits per heavy atom. The lowest BCUT2D eigenvalue weighted by atomic mass is 10.2. The van der Waals surface area contributed by atoms with Gasteiger partial charge in [-0.3, -0.25) is 0 Å². The number of aryl methyl sites for hydroxylation is 1. The van der Waals surface area contributed by atoms with Crippen molar-refractivity contribution in [2.75, 3.05) is 11.9 Å². The van der Waals surface area contributed by atoms with Crippen LogP contribution in [0.25, 0.3) is 0 Å². The molecule has 0 bridgehead atoms. The first-order chi connectivity index (χ1) is 7.52. The van der Waals surface area contributed by atoms with E-state index in [9.17, 15) is 5.11 Å². The summed E-state index contributed by atoms with van der Waals surface area (Å²) in [6.07, 6.45) is 0.423. The van der Waals surface area contributed by atoms with Gasteiger partial charge in [0, 0.05) is 24.2 Å². The number of hydrogen-bond acceptors (Lipinski definition) is 4. The summed E-state index contributed by atoms with van der Waals surface area (Å²) in [6.45, 7) is 8.58. The SMILES string of the molecule is CCC(O)CNc1cc(C)nc(C(C)C)n1. The summed E-state index contributed by atoms with van der Waals surface area (Å²) in [5, 5.41) is 12.6. The minimum absolute atomic E-state index is 0.316. The van der Waals surface area contributed by atoms with E-state index in [-0.39, 0.29) is 6.10 Å². The third-order valence-electron chi connectivity index (χ3n) is 2.38. The van der Waals surface area contributed by atoms with Crippen molar-refractivity contribution in [1.29, 1.82) is 0 Å². The molecule has 1 heterocycles. The molecule has 1 rings (SSSR count). The summed E-state index contributed by atoms with van der Waals surface area (Å²) in [4.78, 5) is 8.77. The summed E-state index contributed by atoms with van der Waals surface area (Å²) < 4.78 is 0. The van der Waals surface area contributed by atoms with Crippen molar-refractivity contribution in [1.82, 2.24) is 9.97 Å². The van der Waals surface area contributed by atoms with Gasteiger partial charge >= 0.3 is 0 Å². The molecule has 0 spiro atoms. The smallest absolute Gasteiger partial charge is 0.133 e. The molecule has 0 aliphatic rings. The largest absolute Gasteiger partial charge is 0.391 e. The Morgan fingerprint density at radius 1 is 1.38 bits per heavy atom. The van der Waals surface area contributed by atoms with Crippen LogP contribution in [0.15, 0.2) is 6.07 Å². The highest BCUT2D eigenvalue weighted by Crippen LogP contribution is 2.13. The second kappa shape index (κ2) is 5.80. The fourth-order valence-corrected chi connectivity index (χ4v) is 1.31. The van der Waals surface area contributed by atoms with E-state index in [4.69, 9.17) is 0 Å². The normalized spacial score (nSPS) is 12.9. The molecular weight excluding hydrogens is 202 g/mol. The molecular formula is C12H21N3O. The van der Waals surface area contributed by atoms with Crippen LogP contribution in [0.1, 0.15) is 44.6 Å². The van der Waals surface area contributed by atoms with Crippen LogP contribution in [-0.2, 0) is 0 Å². The number of aromatic nitrogens is 2. The number of nitrogens with zero attached hydrogens (tertiary/aromatic N) is 2. The van der Waals surface area contributed by atoms with Crippen LogP contribution in [0.4, 0.5) is 5.82 Å². The maximum atomic E-state index is 9.46. The molecule has 1 aromatic rings. The van der Waals surface area contributed by atoms with Crippen molar-refractivity contribution < 1.29 is 5.11 Å². The summed E-state index contributed by atoms with van der Waals surface area (Å²) in [7, 11) is 0. The maximum absolute atomic E-state index is 9.46. The third-order valence-corrected chi connectivity index (χ3v) is 2.38. The van der Waals surface area contributed by atoms with Crippen molar-refractivity contribution in [3.8, 4) is 0 Å². The second-order valence-corrected chi connectivity index (χ2v) is 4.35. The minimum atomic E-state index is -0.322. The Labute approximate surface area is 97.1 Å². The number of rotatable bonds is 5. The molecule has 1 unspecified atom stereocenters. The zero-order chi connectivity index (χ0) is 12.1. The van der Waals surface area contributed by atoms with Crippen LogP contribution in [0, 0.1) is 6.92 Å². The molecule has 4 nitrogen and oxygen atoms in total. The van der Waals surface area contributed by atoms with Gasteiger partial charge in [0.25, 0.3) is 0 Å². The highest BCUT2D eigenvalue weighted by atomic mass is 16.3. The summed E-state index contributed by atoms with van der Waals surface area (Å²) >= 11 is 0. The Kier molecular flexibility index (Phi) is 4.68. The van der Waals surface area contributed by atoms with E-state index in [1.165, 1.54) is 0 Å². The van der Waals surface area contributed by atoms with Crippen LogP contribution in [-0.4, -0.2) is 27.7 Å². The summed E-state index contributed by atoms with van der Waals surface area (Å²) in [5.74, 6) is 1.95. The predicted octanol–water partition coefficient (Wildman–Crippen LogP) is 2.09. The molecule has 16 heavy (non-hydrogen) atoms.